The molecule has 0 bridgehead atoms. The van der Waals surface area contributed by atoms with Crippen molar-refractivity contribution in [2.24, 2.45) is 0 Å². The second kappa shape index (κ2) is 12.6. The Morgan fingerprint density at radius 3 is 1.67 bits per heavy atom. The summed E-state index contributed by atoms with van der Waals surface area (Å²) in [6.45, 7) is 0. The van der Waals surface area contributed by atoms with Gasteiger partial charge in [-0.25, -0.2) is 15.0 Å². The molecule has 0 aliphatic heterocycles. The number of nitrogens with zero attached hydrogens (tertiary/aromatic N) is 4. The van der Waals surface area contributed by atoms with Gasteiger partial charge in [0.2, 0.25) is 0 Å². The number of fused-ring (bicyclic) bond motifs is 7. The lowest BCUT2D eigenvalue weighted by molar-refractivity contribution is 1.18. The minimum absolute atomic E-state index is 0.724. The van der Waals surface area contributed by atoms with Crippen LogP contribution in [-0.4, -0.2) is 19.5 Å². The highest BCUT2D eigenvalue weighted by atomic mass is 15.0. The number of hydrogen-bond donors (Lipinski definition) is 0. The second-order valence-electron chi connectivity index (χ2n) is 14.0. The molecule has 3 heterocycles. The van der Waals surface area contributed by atoms with Crippen molar-refractivity contribution in [1.29, 1.82) is 0 Å². The molecule has 4 nitrogen and oxygen atoms in total. The van der Waals surface area contributed by atoms with E-state index in [-0.39, 0.29) is 0 Å². The van der Waals surface area contributed by atoms with Gasteiger partial charge in [0.1, 0.15) is 0 Å². The Morgan fingerprint density at radius 2 is 0.891 bits per heavy atom. The Balaban J connectivity index is 1.08. The van der Waals surface area contributed by atoms with E-state index < -0.39 is 0 Å². The maximum atomic E-state index is 5.43. The van der Waals surface area contributed by atoms with Crippen molar-refractivity contribution in [3.8, 4) is 50.7 Å². The molecule has 0 amide bonds. The van der Waals surface area contributed by atoms with Crippen LogP contribution in [0.5, 0.6) is 0 Å². The monoisotopic (exact) mass is 700 g/mol. The van der Waals surface area contributed by atoms with Gasteiger partial charge in [-0.1, -0.05) is 152 Å². The van der Waals surface area contributed by atoms with Gasteiger partial charge in [-0.15, -0.1) is 0 Å². The van der Waals surface area contributed by atoms with E-state index in [9.17, 15) is 0 Å². The highest BCUT2D eigenvalue weighted by molar-refractivity contribution is 6.20. The normalized spacial score (nSPS) is 11.6. The standard InChI is InChI=1S/C51H32N4/c1-4-14-34(15-5-1)50-44-31-43-40-20-11-13-23-47(40)55(38-18-8-3-9-19-38)48(43)32-42(44)39-29-28-37(30-46(39)52-50)33-24-26-35(27-25-33)49-41-21-10-12-22-45(41)53-51(54-49)36-16-6-2-7-17-36/h1-32H. The van der Waals surface area contributed by atoms with Crippen LogP contribution in [0, 0.1) is 0 Å². The van der Waals surface area contributed by atoms with E-state index in [1.165, 1.54) is 27.2 Å². The summed E-state index contributed by atoms with van der Waals surface area (Å²) in [6.07, 6.45) is 0. The maximum absolute atomic E-state index is 5.43. The number of pyridine rings is 1. The highest BCUT2D eigenvalue weighted by Gasteiger charge is 2.18. The van der Waals surface area contributed by atoms with Gasteiger partial charge in [0.25, 0.3) is 0 Å². The summed E-state index contributed by atoms with van der Waals surface area (Å²) in [6, 6.07) is 68.5. The molecule has 3 aromatic heterocycles. The maximum Gasteiger partial charge on any atom is 0.160 e. The van der Waals surface area contributed by atoms with Crippen molar-refractivity contribution >= 4 is 54.4 Å². The van der Waals surface area contributed by atoms with E-state index in [0.29, 0.717) is 0 Å². The fourth-order valence-corrected chi connectivity index (χ4v) is 8.15. The van der Waals surface area contributed by atoms with Crippen molar-refractivity contribution < 1.29 is 0 Å². The lowest BCUT2D eigenvalue weighted by atomic mass is 9.95. The van der Waals surface area contributed by atoms with Crippen LogP contribution in [0.4, 0.5) is 0 Å². The average Bonchev–Trinajstić information content (AvgIpc) is 3.59. The van der Waals surface area contributed by atoms with E-state index >= 15 is 0 Å². The molecule has 0 unspecified atom stereocenters. The van der Waals surface area contributed by atoms with Crippen LogP contribution in [0.3, 0.4) is 0 Å². The Hall–Kier alpha value is -7.43. The third kappa shape index (κ3) is 5.19. The minimum Gasteiger partial charge on any atom is -0.309 e. The number of benzene rings is 8. The van der Waals surface area contributed by atoms with Crippen LogP contribution >= 0.6 is 0 Å². The molecule has 256 valence electrons. The van der Waals surface area contributed by atoms with Crippen molar-refractivity contribution in [2.75, 3.05) is 0 Å². The molecule has 11 aromatic rings. The molecule has 4 heteroatoms. The van der Waals surface area contributed by atoms with Gasteiger partial charge >= 0.3 is 0 Å². The fourth-order valence-electron chi connectivity index (χ4n) is 8.15. The third-order valence-corrected chi connectivity index (χ3v) is 10.8. The van der Waals surface area contributed by atoms with Gasteiger partial charge in [-0.05, 0) is 59.0 Å². The average molecular weight is 701 g/mol. The smallest absolute Gasteiger partial charge is 0.160 e. The second-order valence-corrected chi connectivity index (χ2v) is 14.0. The predicted octanol–water partition coefficient (Wildman–Crippen LogP) is 13.1. The van der Waals surface area contributed by atoms with Crippen molar-refractivity contribution in [2.45, 2.75) is 0 Å². The molecule has 8 aromatic carbocycles. The molecular weight excluding hydrogens is 669 g/mol. The van der Waals surface area contributed by atoms with Gasteiger partial charge in [0.05, 0.1) is 33.5 Å². The van der Waals surface area contributed by atoms with Crippen molar-refractivity contribution in [3.63, 3.8) is 0 Å². The Kier molecular flexibility index (Phi) is 7.14. The molecule has 0 N–H and O–H groups in total. The molecule has 0 fully saturated rings. The zero-order valence-electron chi connectivity index (χ0n) is 29.8. The molecule has 0 aliphatic rings. The van der Waals surface area contributed by atoms with E-state index in [4.69, 9.17) is 15.0 Å². The quantitative estimate of drug-likeness (QED) is 0.168. The summed E-state index contributed by atoms with van der Waals surface area (Å²) in [5.41, 5.74) is 12.7. The fraction of sp³-hybridized carbons (Fsp3) is 0. The molecule has 55 heavy (non-hydrogen) atoms. The van der Waals surface area contributed by atoms with E-state index in [0.717, 1.165) is 77.9 Å². The predicted molar refractivity (Wildman–Crippen MR) is 228 cm³/mol. The molecule has 0 spiro atoms. The number of aromatic nitrogens is 4. The zero-order chi connectivity index (χ0) is 36.3. The van der Waals surface area contributed by atoms with Crippen LogP contribution in [0.25, 0.3) is 105 Å². The van der Waals surface area contributed by atoms with Gasteiger partial charge < -0.3 is 4.57 Å². The molecule has 11 rings (SSSR count). The molecule has 0 saturated heterocycles. The first-order chi connectivity index (χ1) is 27.3. The van der Waals surface area contributed by atoms with Gasteiger partial charge in [0, 0.05) is 49.3 Å². The topological polar surface area (TPSA) is 43.6 Å². The van der Waals surface area contributed by atoms with Crippen LogP contribution in [0.1, 0.15) is 0 Å². The molecular formula is C51H32N4. The number of para-hydroxylation sites is 3. The lowest BCUT2D eigenvalue weighted by Crippen LogP contribution is -1.95. The van der Waals surface area contributed by atoms with Gasteiger partial charge in [0.15, 0.2) is 5.82 Å². The van der Waals surface area contributed by atoms with Crippen LogP contribution in [0.15, 0.2) is 194 Å². The first-order valence-corrected chi connectivity index (χ1v) is 18.6. The Morgan fingerprint density at radius 1 is 0.291 bits per heavy atom. The van der Waals surface area contributed by atoms with Gasteiger partial charge in [-0.3, -0.25) is 0 Å². The van der Waals surface area contributed by atoms with Crippen molar-refractivity contribution in [1.82, 2.24) is 19.5 Å². The Labute approximate surface area is 317 Å². The summed E-state index contributed by atoms with van der Waals surface area (Å²) in [5, 5.41) is 6.93. The zero-order valence-corrected chi connectivity index (χ0v) is 29.8. The summed E-state index contributed by atoms with van der Waals surface area (Å²) in [7, 11) is 0. The molecule has 0 atom stereocenters. The summed E-state index contributed by atoms with van der Waals surface area (Å²) >= 11 is 0. The first-order valence-electron chi connectivity index (χ1n) is 18.6. The van der Waals surface area contributed by atoms with Crippen LogP contribution in [-0.2, 0) is 0 Å². The molecule has 0 saturated carbocycles. The largest absolute Gasteiger partial charge is 0.309 e. The molecule has 0 aliphatic carbocycles. The van der Waals surface area contributed by atoms with Crippen molar-refractivity contribution in [3.05, 3.63) is 194 Å². The molecule has 0 radical (unpaired) electrons. The number of rotatable bonds is 5. The summed E-state index contributed by atoms with van der Waals surface area (Å²) < 4.78 is 2.39. The SMILES string of the molecule is c1ccc(-c2nc(-c3ccc(-c4ccc5c(c4)nc(-c4ccccc4)c4cc6c7ccccc7n(-c7ccccc7)c6cc45)cc3)c3ccccc3n2)cc1. The third-order valence-electron chi connectivity index (χ3n) is 10.8. The summed E-state index contributed by atoms with van der Waals surface area (Å²) in [4.78, 5) is 15.4. The van der Waals surface area contributed by atoms with E-state index in [2.05, 4.69) is 168 Å². The first kappa shape index (κ1) is 31.1. The van der Waals surface area contributed by atoms with Crippen LogP contribution in [0.2, 0.25) is 0 Å². The highest BCUT2D eigenvalue weighted by Crippen LogP contribution is 2.41. The minimum atomic E-state index is 0.724. The summed E-state index contributed by atoms with van der Waals surface area (Å²) in [5.74, 6) is 0.724. The van der Waals surface area contributed by atoms with Gasteiger partial charge in [-0.2, -0.15) is 0 Å². The van der Waals surface area contributed by atoms with E-state index in [1.807, 2.05) is 30.3 Å². The van der Waals surface area contributed by atoms with Crippen LogP contribution < -0.4 is 0 Å². The number of hydrogen-bond acceptors (Lipinski definition) is 3. The Bertz CT molecular complexity index is 3220. The van der Waals surface area contributed by atoms with E-state index in [1.54, 1.807) is 0 Å². The lowest BCUT2D eigenvalue weighted by Gasteiger charge is -2.14.